The number of nitrogens with zero attached hydrogens (tertiary/aromatic N) is 4. The van der Waals surface area contributed by atoms with Crippen LogP contribution in [0.15, 0.2) is 53.1 Å². The number of hydrogen-bond donors (Lipinski definition) is 1. The van der Waals surface area contributed by atoms with Gasteiger partial charge >= 0.3 is 0 Å². The maximum absolute atomic E-state index is 13.0. The van der Waals surface area contributed by atoms with E-state index in [4.69, 9.17) is 4.52 Å². The molecule has 1 saturated heterocycles. The minimum absolute atomic E-state index is 0.0301. The van der Waals surface area contributed by atoms with Crippen LogP contribution >= 0.6 is 0 Å². The second-order valence-corrected chi connectivity index (χ2v) is 8.27. The largest absolute Gasteiger partial charge is 0.340 e. The van der Waals surface area contributed by atoms with Crippen LogP contribution < -0.4 is 5.32 Å². The number of nitrogens with one attached hydrogen (secondary N) is 1. The van der Waals surface area contributed by atoms with E-state index in [2.05, 4.69) is 22.4 Å². The predicted octanol–water partition coefficient (Wildman–Crippen LogP) is 3.15. The lowest BCUT2D eigenvalue weighted by Gasteiger charge is -2.34. The van der Waals surface area contributed by atoms with Gasteiger partial charge < -0.3 is 14.7 Å². The second-order valence-electron chi connectivity index (χ2n) is 8.27. The van der Waals surface area contributed by atoms with E-state index in [1.54, 1.807) is 4.90 Å². The molecule has 2 heterocycles. The van der Waals surface area contributed by atoms with Crippen molar-refractivity contribution in [2.45, 2.75) is 26.2 Å². The highest BCUT2D eigenvalue weighted by Crippen LogP contribution is 2.18. The SMILES string of the molecule is CCc1ccc(-c2noc(CCC(=O)N3CCN(CC(=O)Nc4ccc(F)cc4)CC3)n2)cc1. The van der Waals surface area contributed by atoms with Gasteiger partial charge in [0.05, 0.1) is 6.54 Å². The van der Waals surface area contributed by atoms with Crippen molar-refractivity contribution < 1.29 is 18.5 Å². The van der Waals surface area contributed by atoms with E-state index in [9.17, 15) is 14.0 Å². The molecule has 1 aliphatic rings. The zero-order chi connectivity index (χ0) is 23.9. The maximum Gasteiger partial charge on any atom is 0.238 e. The maximum atomic E-state index is 13.0. The van der Waals surface area contributed by atoms with E-state index in [0.29, 0.717) is 56.4 Å². The number of aromatic nitrogens is 2. The van der Waals surface area contributed by atoms with Crippen LogP contribution in [0.1, 0.15) is 24.8 Å². The van der Waals surface area contributed by atoms with Crippen LogP contribution in [0.4, 0.5) is 10.1 Å². The van der Waals surface area contributed by atoms with Gasteiger partial charge in [0.25, 0.3) is 0 Å². The third-order valence-electron chi connectivity index (χ3n) is 5.86. The molecular weight excluding hydrogens is 437 g/mol. The normalized spacial score (nSPS) is 14.2. The summed E-state index contributed by atoms with van der Waals surface area (Å²) in [6, 6.07) is 13.7. The summed E-state index contributed by atoms with van der Waals surface area (Å²) >= 11 is 0. The first-order chi connectivity index (χ1) is 16.5. The van der Waals surface area contributed by atoms with E-state index in [-0.39, 0.29) is 24.2 Å². The standard InChI is InChI=1S/C25H28FN5O3/c1-2-18-3-5-19(6-4-18)25-28-23(34-29-25)11-12-24(33)31-15-13-30(14-16-31)17-22(32)27-21-9-7-20(26)8-10-21/h3-10H,2,11-17H2,1H3,(H,27,32). The van der Waals surface area contributed by atoms with Gasteiger partial charge in [-0.1, -0.05) is 36.3 Å². The van der Waals surface area contributed by atoms with Crippen molar-refractivity contribution in [2.75, 3.05) is 38.0 Å². The molecule has 2 aromatic carbocycles. The zero-order valence-electron chi connectivity index (χ0n) is 19.2. The highest BCUT2D eigenvalue weighted by molar-refractivity contribution is 5.92. The number of piperazine rings is 1. The Morgan fingerprint density at radius 1 is 1.03 bits per heavy atom. The Morgan fingerprint density at radius 3 is 2.41 bits per heavy atom. The third kappa shape index (κ3) is 6.26. The summed E-state index contributed by atoms with van der Waals surface area (Å²) in [6.45, 7) is 4.67. The lowest BCUT2D eigenvalue weighted by molar-refractivity contribution is -0.133. The fourth-order valence-electron chi connectivity index (χ4n) is 3.83. The Hall–Kier alpha value is -3.59. The molecule has 0 saturated carbocycles. The predicted molar refractivity (Wildman–Crippen MR) is 125 cm³/mol. The van der Waals surface area contributed by atoms with Crippen molar-refractivity contribution in [3.63, 3.8) is 0 Å². The van der Waals surface area contributed by atoms with Crippen molar-refractivity contribution in [1.29, 1.82) is 0 Å². The smallest absolute Gasteiger partial charge is 0.238 e. The first-order valence-corrected chi connectivity index (χ1v) is 11.5. The minimum Gasteiger partial charge on any atom is -0.340 e. The highest BCUT2D eigenvalue weighted by Gasteiger charge is 2.23. The number of halogens is 1. The van der Waals surface area contributed by atoms with E-state index in [0.717, 1.165) is 12.0 Å². The summed E-state index contributed by atoms with van der Waals surface area (Å²) < 4.78 is 18.3. The Bertz CT molecular complexity index is 1110. The van der Waals surface area contributed by atoms with Gasteiger partial charge in [0.1, 0.15) is 5.82 Å². The molecule has 1 N–H and O–H groups in total. The van der Waals surface area contributed by atoms with Gasteiger partial charge in [0, 0.05) is 50.3 Å². The molecule has 34 heavy (non-hydrogen) atoms. The van der Waals surface area contributed by atoms with Gasteiger partial charge in [-0.25, -0.2) is 4.39 Å². The zero-order valence-corrected chi connectivity index (χ0v) is 19.2. The molecule has 0 aliphatic carbocycles. The van der Waals surface area contributed by atoms with Crippen molar-refractivity contribution in [3.8, 4) is 11.4 Å². The van der Waals surface area contributed by atoms with Crippen LogP contribution in [0.3, 0.4) is 0 Å². The number of rotatable bonds is 8. The van der Waals surface area contributed by atoms with E-state index in [1.807, 2.05) is 29.2 Å². The van der Waals surface area contributed by atoms with Crippen molar-refractivity contribution in [1.82, 2.24) is 19.9 Å². The van der Waals surface area contributed by atoms with Gasteiger partial charge in [-0.05, 0) is 36.2 Å². The number of carbonyl (C=O) groups excluding carboxylic acids is 2. The summed E-state index contributed by atoms with van der Waals surface area (Å²) in [5.74, 6) is 0.488. The Labute approximate surface area is 197 Å². The van der Waals surface area contributed by atoms with E-state index >= 15 is 0 Å². The number of amides is 2. The lowest BCUT2D eigenvalue weighted by atomic mass is 10.1. The molecule has 3 aromatic rings. The molecule has 178 valence electrons. The van der Waals surface area contributed by atoms with Gasteiger partial charge in [-0.3, -0.25) is 14.5 Å². The van der Waals surface area contributed by atoms with Crippen LogP contribution in [0.2, 0.25) is 0 Å². The Balaban J connectivity index is 1.19. The van der Waals surface area contributed by atoms with E-state index < -0.39 is 0 Å². The van der Waals surface area contributed by atoms with Crippen LogP contribution in [0.5, 0.6) is 0 Å². The topological polar surface area (TPSA) is 91.6 Å². The molecule has 0 bridgehead atoms. The van der Waals surface area contributed by atoms with Gasteiger partial charge in [-0.2, -0.15) is 4.98 Å². The molecule has 1 aromatic heterocycles. The number of anilines is 1. The number of hydrogen-bond acceptors (Lipinski definition) is 6. The number of aryl methyl sites for hydroxylation is 2. The van der Waals surface area contributed by atoms with Gasteiger partial charge in [0.2, 0.25) is 23.5 Å². The number of benzene rings is 2. The molecule has 9 heteroatoms. The third-order valence-corrected chi connectivity index (χ3v) is 5.86. The average Bonchev–Trinajstić information content (AvgIpc) is 3.33. The van der Waals surface area contributed by atoms with Crippen LogP contribution in [-0.4, -0.2) is 64.5 Å². The molecule has 4 rings (SSSR count). The molecule has 0 radical (unpaired) electrons. The highest BCUT2D eigenvalue weighted by atomic mass is 19.1. The molecule has 0 spiro atoms. The van der Waals surface area contributed by atoms with Crippen LogP contribution in [0.25, 0.3) is 11.4 Å². The first kappa shape index (κ1) is 23.6. The quantitative estimate of drug-likeness (QED) is 0.550. The van der Waals surface area contributed by atoms with Crippen LogP contribution in [-0.2, 0) is 22.4 Å². The fourth-order valence-corrected chi connectivity index (χ4v) is 3.83. The molecule has 1 fully saturated rings. The summed E-state index contributed by atoms with van der Waals surface area (Å²) in [5, 5.41) is 6.79. The second kappa shape index (κ2) is 11.0. The lowest BCUT2D eigenvalue weighted by Crippen LogP contribution is -2.50. The summed E-state index contributed by atoms with van der Waals surface area (Å²) in [5.41, 5.74) is 2.69. The van der Waals surface area contributed by atoms with Crippen LogP contribution in [0, 0.1) is 5.82 Å². The molecule has 2 amide bonds. The number of carbonyl (C=O) groups is 2. The fraction of sp³-hybridized carbons (Fsp3) is 0.360. The van der Waals surface area contributed by atoms with E-state index in [1.165, 1.54) is 29.8 Å². The molecule has 1 aliphatic heterocycles. The average molecular weight is 466 g/mol. The van der Waals surface area contributed by atoms with Gasteiger partial charge in [0.15, 0.2) is 0 Å². The minimum atomic E-state index is -0.347. The first-order valence-electron chi connectivity index (χ1n) is 11.5. The Morgan fingerprint density at radius 2 is 1.74 bits per heavy atom. The Kier molecular flexibility index (Phi) is 7.64. The molecule has 8 nitrogen and oxygen atoms in total. The summed E-state index contributed by atoms with van der Waals surface area (Å²) in [4.78, 5) is 33.1. The summed E-state index contributed by atoms with van der Waals surface area (Å²) in [6.07, 6.45) is 1.65. The van der Waals surface area contributed by atoms with Crippen molar-refractivity contribution >= 4 is 17.5 Å². The summed E-state index contributed by atoms with van der Waals surface area (Å²) in [7, 11) is 0. The van der Waals surface area contributed by atoms with Crippen molar-refractivity contribution in [2.24, 2.45) is 0 Å². The molecule has 0 unspecified atom stereocenters. The molecule has 0 atom stereocenters. The monoisotopic (exact) mass is 465 g/mol. The van der Waals surface area contributed by atoms with Gasteiger partial charge in [-0.15, -0.1) is 0 Å². The molecular formula is C25H28FN5O3. The van der Waals surface area contributed by atoms with Crippen molar-refractivity contribution in [3.05, 3.63) is 65.8 Å².